The molecule has 1 aliphatic rings. The van der Waals surface area contributed by atoms with Gasteiger partial charge in [-0.2, -0.15) is 0 Å². The maximum Gasteiger partial charge on any atom is 0.0766 e. The molecule has 0 bridgehead atoms. The second kappa shape index (κ2) is 5.52. The number of aliphatic hydroxyl groups is 1. The van der Waals surface area contributed by atoms with Gasteiger partial charge < -0.3 is 10.8 Å². The molecule has 2 heteroatoms. The summed E-state index contributed by atoms with van der Waals surface area (Å²) >= 11 is 0. The van der Waals surface area contributed by atoms with E-state index in [2.05, 4.69) is 13.8 Å². The lowest BCUT2D eigenvalue weighted by Crippen LogP contribution is -2.39. The molecule has 0 saturated heterocycles. The van der Waals surface area contributed by atoms with E-state index in [4.69, 9.17) is 5.73 Å². The number of aliphatic hydroxyl groups excluding tert-OH is 1. The van der Waals surface area contributed by atoms with Crippen molar-refractivity contribution in [1.29, 1.82) is 0 Å². The van der Waals surface area contributed by atoms with Crippen molar-refractivity contribution in [2.75, 3.05) is 0 Å². The van der Waals surface area contributed by atoms with E-state index in [0.29, 0.717) is 0 Å². The SMILES string of the molecule is CC/C(C)=C/[C@H](O)C1CCCCC1N. The number of rotatable bonds is 3. The molecule has 0 radical (unpaired) electrons. The first-order valence-corrected chi connectivity index (χ1v) is 5.76. The molecular weight excluding hydrogens is 174 g/mol. The molecule has 0 aromatic rings. The van der Waals surface area contributed by atoms with Crippen LogP contribution in [-0.4, -0.2) is 17.3 Å². The number of hydrogen-bond donors (Lipinski definition) is 2. The Bertz CT molecular complexity index is 200. The van der Waals surface area contributed by atoms with Crippen molar-refractivity contribution < 1.29 is 5.11 Å². The lowest BCUT2D eigenvalue weighted by Gasteiger charge is -2.31. The van der Waals surface area contributed by atoms with Gasteiger partial charge in [0.15, 0.2) is 0 Å². The molecule has 0 amide bonds. The lowest BCUT2D eigenvalue weighted by atomic mass is 9.81. The molecule has 1 fully saturated rings. The van der Waals surface area contributed by atoms with Crippen molar-refractivity contribution in [1.82, 2.24) is 0 Å². The molecule has 2 nitrogen and oxygen atoms in total. The minimum absolute atomic E-state index is 0.194. The van der Waals surface area contributed by atoms with Gasteiger partial charge in [0.25, 0.3) is 0 Å². The minimum Gasteiger partial charge on any atom is -0.389 e. The summed E-state index contributed by atoms with van der Waals surface area (Å²) in [5.41, 5.74) is 7.27. The molecule has 0 aromatic carbocycles. The first-order valence-electron chi connectivity index (χ1n) is 5.76. The molecule has 0 aromatic heterocycles. The van der Waals surface area contributed by atoms with Gasteiger partial charge in [-0.25, -0.2) is 0 Å². The fraction of sp³-hybridized carbons (Fsp3) is 0.833. The Morgan fingerprint density at radius 1 is 1.50 bits per heavy atom. The van der Waals surface area contributed by atoms with Crippen molar-refractivity contribution in [2.24, 2.45) is 11.7 Å². The van der Waals surface area contributed by atoms with Crippen LogP contribution in [0.2, 0.25) is 0 Å². The smallest absolute Gasteiger partial charge is 0.0766 e. The molecule has 3 atom stereocenters. The Morgan fingerprint density at radius 3 is 2.71 bits per heavy atom. The van der Waals surface area contributed by atoms with Crippen LogP contribution in [0, 0.1) is 5.92 Å². The van der Waals surface area contributed by atoms with Crippen LogP contribution in [0.25, 0.3) is 0 Å². The molecular formula is C12H23NO. The van der Waals surface area contributed by atoms with E-state index in [1.54, 1.807) is 0 Å². The van der Waals surface area contributed by atoms with E-state index < -0.39 is 0 Å². The third-order valence-corrected chi connectivity index (χ3v) is 3.33. The summed E-state index contributed by atoms with van der Waals surface area (Å²) in [6.45, 7) is 4.18. The van der Waals surface area contributed by atoms with Gasteiger partial charge in [-0.05, 0) is 26.2 Å². The Kier molecular flexibility index (Phi) is 4.63. The van der Waals surface area contributed by atoms with Crippen molar-refractivity contribution in [3.63, 3.8) is 0 Å². The highest BCUT2D eigenvalue weighted by Crippen LogP contribution is 2.26. The summed E-state index contributed by atoms with van der Waals surface area (Å²) < 4.78 is 0. The average molecular weight is 197 g/mol. The summed E-state index contributed by atoms with van der Waals surface area (Å²) in [6.07, 6.45) is 7.26. The maximum absolute atomic E-state index is 9.99. The standard InChI is InChI=1S/C12H23NO/c1-3-9(2)8-12(14)10-6-4-5-7-11(10)13/h8,10-12,14H,3-7,13H2,1-2H3/b9-8+/t10?,11?,12-/m0/s1. The number of hydrogen-bond acceptors (Lipinski definition) is 2. The highest BCUT2D eigenvalue weighted by Gasteiger charge is 2.26. The largest absolute Gasteiger partial charge is 0.389 e. The Balaban J connectivity index is 2.53. The summed E-state index contributed by atoms with van der Waals surface area (Å²) in [6, 6.07) is 0.194. The van der Waals surface area contributed by atoms with Crippen LogP contribution in [0.1, 0.15) is 46.0 Å². The second-order valence-electron chi connectivity index (χ2n) is 4.47. The molecule has 2 unspecified atom stereocenters. The van der Waals surface area contributed by atoms with E-state index in [1.807, 2.05) is 6.08 Å². The predicted molar refractivity (Wildman–Crippen MR) is 60.0 cm³/mol. The zero-order chi connectivity index (χ0) is 10.6. The van der Waals surface area contributed by atoms with Crippen LogP contribution in [0.5, 0.6) is 0 Å². The van der Waals surface area contributed by atoms with Crippen molar-refractivity contribution in [3.8, 4) is 0 Å². The minimum atomic E-state index is -0.328. The van der Waals surface area contributed by atoms with E-state index in [0.717, 1.165) is 19.3 Å². The number of allylic oxidation sites excluding steroid dienone is 1. The molecule has 0 heterocycles. The summed E-state index contributed by atoms with van der Waals surface area (Å²) in [5, 5.41) is 9.99. The molecule has 0 spiro atoms. The van der Waals surface area contributed by atoms with Gasteiger partial charge in [0.05, 0.1) is 6.10 Å². The Labute approximate surface area is 87.2 Å². The van der Waals surface area contributed by atoms with Gasteiger partial charge in [0.1, 0.15) is 0 Å². The Morgan fingerprint density at radius 2 is 2.14 bits per heavy atom. The van der Waals surface area contributed by atoms with Gasteiger partial charge in [0.2, 0.25) is 0 Å². The normalized spacial score (nSPS) is 31.6. The third kappa shape index (κ3) is 3.10. The fourth-order valence-electron chi connectivity index (χ4n) is 2.15. The van der Waals surface area contributed by atoms with E-state index in [1.165, 1.54) is 18.4 Å². The van der Waals surface area contributed by atoms with Crippen LogP contribution in [-0.2, 0) is 0 Å². The molecule has 14 heavy (non-hydrogen) atoms. The molecule has 1 aliphatic carbocycles. The number of nitrogens with two attached hydrogens (primary N) is 1. The first kappa shape index (κ1) is 11.7. The zero-order valence-electron chi connectivity index (χ0n) is 9.37. The molecule has 0 aliphatic heterocycles. The Hall–Kier alpha value is -0.340. The van der Waals surface area contributed by atoms with E-state index in [9.17, 15) is 5.11 Å². The predicted octanol–water partition coefficient (Wildman–Crippen LogP) is 2.22. The maximum atomic E-state index is 9.99. The van der Waals surface area contributed by atoms with Crippen molar-refractivity contribution in [3.05, 3.63) is 11.6 Å². The molecule has 82 valence electrons. The van der Waals surface area contributed by atoms with Crippen molar-refractivity contribution >= 4 is 0 Å². The quantitative estimate of drug-likeness (QED) is 0.681. The van der Waals surface area contributed by atoms with Crippen LogP contribution in [0.4, 0.5) is 0 Å². The molecule has 1 rings (SSSR count). The summed E-state index contributed by atoms with van der Waals surface area (Å²) in [5.74, 6) is 0.283. The first-order chi connectivity index (χ1) is 6.65. The van der Waals surface area contributed by atoms with Crippen LogP contribution >= 0.6 is 0 Å². The van der Waals surface area contributed by atoms with Gasteiger partial charge in [-0.1, -0.05) is 31.4 Å². The van der Waals surface area contributed by atoms with Crippen LogP contribution in [0.3, 0.4) is 0 Å². The van der Waals surface area contributed by atoms with Gasteiger partial charge >= 0.3 is 0 Å². The second-order valence-corrected chi connectivity index (χ2v) is 4.47. The highest BCUT2D eigenvalue weighted by atomic mass is 16.3. The topological polar surface area (TPSA) is 46.2 Å². The third-order valence-electron chi connectivity index (χ3n) is 3.33. The van der Waals surface area contributed by atoms with Gasteiger partial charge in [0, 0.05) is 12.0 Å². The highest BCUT2D eigenvalue weighted by molar-refractivity contribution is 5.04. The van der Waals surface area contributed by atoms with Crippen molar-refractivity contribution in [2.45, 2.75) is 58.1 Å². The van der Waals surface area contributed by atoms with Crippen LogP contribution in [0.15, 0.2) is 11.6 Å². The van der Waals surface area contributed by atoms with Crippen LogP contribution < -0.4 is 5.73 Å². The van der Waals surface area contributed by atoms with E-state index >= 15 is 0 Å². The lowest BCUT2D eigenvalue weighted by molar-refractivity contribution is 0.109. The van der Waals surface area contributed by atoms with Gasteiger partial charge in [-0.15, -0.1) is 0 Å². The monoisotopic (exact) mass is 197 g/mol. The molecule has 3 N–H and O–H groups in total. The van der Waals surface area contributed by atoms with Gasteiger partial charge in [-0.3, -0.25) is 0 Å². The zero-order valence-corrected chi connectivity index (χ0v) is 9.37. The summed E-state index contributed by atoms with van der Waals surface area (Å²) in [4.78, 5) is 0. The average Bonchev–Trinajstić information content (AvgIpc) is 2.18. The summed E-state index contributed by atoms with van der Waals surface area (Å²) in [7, 11) is 0. The van der Waals surface area contributed by atoms with E-state index in [-0.39, 0.29) is 18.1 Å². The molecule has 1 saturated carbocycles. The fourth-order valence-corrected chi connectivity index (χ4v) is 2.15.